The summed E-state index contributed by atoms with van der Waals surface area (Å²) in [5, 5.41) is 15.2. The second-order valence-electron chi connectivity index (χ2n) is 4.66. The predicted molar refractivity (Wildman–Crippen MR) is 84.6 cm³/mol. The van der Waals surface area contributed by atoms with Gasteiger partial charge in [-0.1, -0.05) is 12.1 Å². The standard InChI is InChI=1S/C15H14N4O2S/c1-10(13-6-3-7-22-13)17-15(20)18-12-5-2-4-11(8-12)14-19-16-9-21-14/h2-10H,1H3,(H2,17,18,20)/t10-/m0/s1. The minimum absolute atomic E-state index is 0.0425. The average molecular weight is 314 g/mol. The Morgan fingerprint density at radius 3 is 2.95 bits per heavy atom. The van der Waals surface area contributed by atoms with E-state index >= 15 is 0 Å². The number of carbonyl (C=O) groups is 1. The average Bonchev–Trinajstić information content (AvgIpc) is 3.21. The molecule has 0 fully saturated rings. The fourth-order valence-electron chi connectivity index (χ4n) is 2.00. The van der Waals surface area contributed by atoms with Gasteiger partial charge in [0.05, 0.1) is 6.04 Å². The Morgan fingerprint density at radius 1 is 1.32 bits per heavy atom. The summed E-state index contributed by atoms with van der Waals surface area (Å²) in [7, 11) is 0. The Balaban J connectivity index is 1.65. The third kappa shape index (κ3) is 3.32. The highest BCUT2D eigenvalue weighted by molar-refractivity contribution is 7.10. The van der Waals surface area contributed by atoms with Crippen molar-refractivity contribution in [1.29, 1.82) is 0 Å². The summed E-state index contributed by atoms with van der Waals surface area (Å²) in [4.78, 5) is 13.2. The van der Waals surface area contributed by atoms with E-state index in [-0.39, 0.29) is 12.1 Å². The van der Waals surface area contributed by atoms with Crippen LogP contribution in [0.25, 0.3) is 11.5 Å². The van der Waals surface area contributed by atoms with Gasteiger partial charge in [-0.2, -0.15) is 0 Å². The van der Waals surface area contributed by atoms with Crippen LogP contribution in [0.1, 0.15) is 17.8 Å². The van der Waals surface area contributed by atoms with Gasteiger partial charge in [0.25, 0.3) is 0 Å². The van der Waals surface area contributed by atoms with E-state index in [2.05, 4.69) is 20.8 Å². The Kier molecular flexibility index (Phi) is 4.15. The molecule has 2 N–H and O–H groups in total. The summed E-state index contributed by atoms with van der Waals surface area (Å²) in [5.41, 5.74) is 1.41. The van der Waals surface area contributed by atoms with Crippen molar-refractivity contribution in [3.05, 3.63) is 53.0 Å². The van der Waals surface area contributed by atoms with Crippen LogP contribution in [-0.4, -0.2) is 16.2 Å². The zero-order chi connectivity index (χ0) is 15.4. The molecule has 0 aliphatic carbocycles. The molecule has 0 saturated carbocycles. The number of nitrogens with zero attached hydrogens (tertiary/aromatic N) is 2. The first kappa shape index (κ1) is 14.3. The number of carbonyl (C=O) groups excluding carboxylic acids is 1. The highest BCUT2D eigenvalue weighted by Crippen LogP contribution is 2.21. The van der Waals surface area contributed by atoms with Gasteiger partial charge in [-0.3, -0.25) is 0 Å². The van der Waals surface area contributed by atoms with Crippen LogP contribution >= 0.6 is 11.3 Å². The molecule has 2 amide bonds. The maximum absolute atomic E-state index is 12.0. The molecule has 3 aromatic rings. The molecule has 7 heteroatoms. The van der Waals surface area contributed by atoms with E-state index in [1.54, 1.807) is 23.5 Å². The van der Waals surface area contributed by atoms with E-state index < -0.39 is 0 Å². The lowest BCUT2D eigenvalue weighted by atomic mass is 10.2. The first-order valence-electron chi connectivity index (χ1n) is 6.70. The first-order chi connectivity index (χ1) is 10.7. The molecule has 0 radical (unpaired) electrons. The second kappa shape index (κ2) is 6.40. The SMILES string of the molecule is C[C@H](NC(=O)Nc1cccc(-c2nnco2)c1)c1cccs1. The van der Waals surface area contributed by atoms with Crippen molar-refractivity contribution in [2.75, 3.05) is 5.32 Å². The molecule has 2 heterocycles. The molecule has 0 spiro atoms. The molecule has 1 atom stereocenters. The molecular formula is C15H14N4O2S. The lowest BCUT2D eigenvalue weighted by Gasteiger charge is -2.13. The van der Waals surface area contributed by atoms with Crippen molar-refractivity contribution in [3.63, 3.8) is 0 Å². The smallest absolute Gasteiger partial charge is 0.319 e. The lowest BCUT2D eigenvalue weighted by molar-refractivity contribution is 0.249. The van der Waals surface area contributed by atoms with Gasteiger partial charge in [0.2, 0.25) is 12.3 Å². The fraction of sp³-hybridized carbons (Fsp3) is 0.133. The summed E-state index contributed by atoms with van der Waals surface area (Å²) in [6, 6.07) is 10.9. The molecule has 0 saturated heterocycles. The number of hydrogen-bond donors (Lipinski definition) is 2. The van der Waals surface area contributed by atoms with Gasteiger partial charge < -0.3 is 15.1 Å². The predicted octanol–water partition coefficient (Wildman–Crippen LogP) is 3.68. The van der Waals surface area contributed by atoms with E-state index in [0.29, 0.717) is 11.6 Å². The van der Waals surface area contributed by atoms with E-state index in [1.165, 1.54) is 6.39 Å². The molecule has 2 aromatic heterocycles. The van der Waals surface area contributed by atoms with E-state index in [4.69, 9.17) is 4.42 Å². The highest BCUT2D eigenvalue weighted by Gasteiger charge is 2.11. The number of aromatic nitrogens is 2. The molecule has 22 heavy (non-hydrogen) atoms. The largest absolute Gasteiger partial charge is 0.423 e. The van der Waals surface area contributed by atoms with Crippen molar-refractivity contribution >= 4 is 23.1 Å². The van der Waals surface area contributed by atoms with Crippen LogP contribution in [0, 0.1) is 0 Å². The maximum Gasteiger partial charge on any atom is 0.319 e. The van der Waals surface area contributed by atoms with E-state index in [0.717, 1.165) is 10.4 Å². The second-order valence-corrected chi connectivity index (χ2v) is 5.64. The Morgan fingerprint density at radius 2 is 2.23 bits per heavy atom. The molecule has 6 nitrogen and oxygen atoms in total. The highest BCUT2D eigenvalue weighted by atomic mass is 32.1. The van der Waals surface area contributed by atoms with Gasteiger partial charge in [0, 0.05) is 16.1 Å². The van der Waals surface area contributed by atoms with Crippen LogP contribution in [0.3, 0.4) is 0 Å². The normalized spacial score (nSPS) is 11.9. The van der Waals surface area contributed by atoms with E-state index in [1.807, 2.05) is 36.6 Å². The molecular weight excluding hydrogens is 300 g/mol. The molecule has 0 unspecified atom stereocenters. The van der Waals surface area contributed by atoms with Crippen LogP contribution < -0.4 is 10.6 Å². The number of rotatable bonds is 4. The van der Waals surface area contributed by atoms with Crippen LogP contribution in [0.2, 0.25) is 0 Å². The summed E-state index contributed by atoms with van der Waals surface area (Å²) in [5.74, 6) is 0.413. The zero-order valence-corrected chi connectivity index (χ0v) is 12.6. The van der Waals surface area contributed by atoms with Gasteiger partial charge >= 0.3 is 6.03 Å². The number of benzene rings is 1. The van der Waals surface area contributed by atoms with Crippen molar-refractivity contribution in [2.45, 2.75) is 13.0 Å². The van der Waals surface area contributed by atoms with E-state index in [9.17, 15) is 4.79 Å². The number of nitrogens with one attached hydrogen (secondary N) is 2. The Bertz CT molecular complexity index is 741. The van der Waals surface area contributed by atoms with Crippen molar-refractivity contribution in [3.8, 4) is 11.5 Å². The van der Waals surface area contributed by atoms with Crippen LogP contribution in [0.5, 0.6) is 0 Å². The molecule has 112 valence electrons. The zero-order valence-electron chi connectivity index (χ0n) is 11.8. The minimum Gasteiger partial charge on any atom is -0.423 e. The minimum atomic E-state index is -0.261. The van der Waals surface area contributed by atoms with Crippen LogP contribution in [0.4, 0.5) is 10.5 Å². The third-order valence-electron chi connectivity index (χ3n) is 3.04. The van der Waals surface area contributed by atoms with Crippen molar-refractivity contribution < 1.29 is 9.21 Å². The van der Waals surface area contributed by atoms with Crippen LogP contribution in [-0.2, 0) is 0 Å². The van der Waals surface area contributed by atoms with Crippen molar-refractivity contribution in [2.24, 2.45) is 0 Å². The monoisotopic (exact) mass is 314 g/mol. The molecule has 0 bridgehead atoms. The maximum atomic E-state index is 12.0. The van der Waals surface area contributed by atoms with Gasteiger partial charge in [0.15, 0.2) is 0 Å². The topological polar surface area (TPSA) is 80.0 Å². The number of hydrogen-bond acceptors (Lipinski definition) is 5. The summed E-state index contributed by atoms with van der Waals surface area (Å²) >= 11 is 1.61. The third-order valence-corrected chi connectivity index (χ3v) is 4.10. The molecule has 1 aromatic carbocycles. The van der Waals surface area contributed by atoms with Crippen molar-refractivity contribution in [1.82, 2.24) is 15.5 Å². The first-order valence-corrected chi connectivity index (χ1v) is 7.58. The number of anilines is 1. The summed E-state index contributed by atoms with van der Waals surface area (Å²) in [6.45, 7) is 1.94. The summed E-state index contributed by atoms with van der Waals surface area (Å²) in [6.07, 6.45) is 1.27. The molecule has 0 aliphatic rings. The molecule has 0 aliphatic heterocycles. The van der Waals surface area contributed by atoms with Gasteiger partial charge in [-0.25, -0.2) is 4.79 Å². The Labute approximate surface area is 131 Å². The lowest BCUT2D eigenvalue weighted by Crippen LogP contribution is -2.30. The molecule has 3 rings (SSSR count). The fourth-order valence-corrected chi connectivity index (χ4v) is 2.74. The van der Waals surface area contributed by atoms with Gasteiger partial charge in [0.1, 0.15) is 0 Å². The van der Waals surface area contributed by atoms with Gasteiger partial charge in [-0.05, 0) is 36.6 Å². The number of thiophene rings is 1. The quantitative estimate of drug-likeness (QED) is 0.770. The summed E-state index contributed by atoms with van der Waals surface area (Å²) < 4.78 is 5.14. The number of amides is 2. The number of urea groups is 1. The Hall–Kier alpha value is -2.67. The van der Waals surface area contributed by atoms with Crippen LogP contribution in [0.15, 0.2) is 52.6 Å². The van der Waals surface area contributed by atoms with Gasteiger partial charge in [-0.15, -0.1) is 21.5 Å².